The molecule has 0 aliphatic carbocycles. The first kappa shape index (κ1) is 13.5. The molecule has 0 saturated heterocycles. The first-order chi connectivity index (χ1) is 6.75. The molecule has 0 spiro atoms. The Balaban J connectivity index is 3.56. The van der Waals surface area contributed by atoms with Crippen molar-refractivity contribution >= 4 is 58.3 Å². The largest absolute Gasteiger partial charge is 0.279 e. The minimum absolute atomic E-state index is 0.165. The van der Waals surface area contributed by atoms with Crippen molar-refractivity contribution in [3.63, 3.8) is 0 Å². The molecule has 0 saturated carbocycles. The predicted molar refractivity (Wildman–Crippen MR) is 62.6 cm³/mol. The third-order valence-electron chi connectivity index (χ3n) is 1.43. The fraction of sp³-hybridized carbons (Fsp3) is 0.167. The van der Waals surface area contributed by atoms with Crippen molar-refractivity contribution in [3.05, 3.63) is 19.8 Å². The van der Waals surface area contributed by atoms with Crippen LogP contribution in [0.2, 0.25) is 0 Å². The van der Waals surface area contributed by atoms with E-state index in [9.17, 15) is 17.2 Å². The Morgan fingerprint density at radius 2 is 2.07 bits per heavy atom. The van der Waals surface area contributed by atoms with E-state index in [4.69, 9.17) is 10.7 Å². The molecule has 0 aliphatic rings. The predicted octanol–water partition coefficient (Wildman–Crippen LogP) is 3.31. The zero-order chi connectivity index (χ0) is 11.8. The van der Waals surface area contributed by atoms with Crippen molar-refractivity contribution in [2.75, 3.05) is 0 Å². The number of nitrogens with zero attached hydrogens (tertiary/aromatic N) is 1. The van der Waals surface area contributed by atoms with E-state index in [1.54, 1.807) is 22.6 Å². The van der Waals surface area contributed by atoms with Gasteiger partial charge in [-0.1, -0.05) is 0 Å². The number of hydrogen-bond donors (Lipinski definition) is 0. The number of alkyl halides is 2. The maximum Gasteiger partial charge on any atom is 0.279 e. The zero-order valence-electron chi connectivity index (χ0n) is 6.72. The second kappa shape index (κ2) is 4.76. The highest BCUT2D eigenvalue weighted by Crippen LogP contribution is 2.35. The fourth-order valence-corrected chi connectivity index (χ4v) is 4.11. The lowest BCUT2D eigenvalue weighted by atomic mass is 10.3. The first-order valence-corrected chi connectivity index (χ1v) is 7.50. The lowest BCUT2D eigenvalue weighted by Crippen LogP contribution is -2.02. The van der Waals surface area contributed by atoms with Crippen LogP contribution in [0.1, 0.15) is 12.0 Å². The highest BCUT2D eigenvalue weighted by molar-refractivity contribution is 14.1. The normalized spacial score (nSPS) is 12.1. The summed E-state index contributed by atoms with van der Waals surface area (Å²) in [6.07, 6.45) is -1.77. The molecule has 0 amide bonds. The van der Waals surface area contributed by atoms with E-state index >= 15 is 0 Å². The zero-order valence-corrected chi connectivity index (χ0v) is 12.0. The van der Waals surface area contributed by atoms with Gasteiger partial charge >= 0.3 is 0 Å². The molecule has 0 atom stereocenters. The maximum absolute atomic E-state index is 12.6. The van der Waals surface area contributed by atoms with E-state index in [-0.39, 0.29) is 8.04 Å². The fourth-order valence-electron chi connectivity index (χ4n) is 0.832. The van der Waals surface area contributed by atoms with Crippen molar-refractivity contribution in [3.8, 4) is 0 Å². The average molecular weight is 432 g/mol. The van der Waals surface area contributed by atoms with Gasteiger partial charge in [0.1, 0.15) is 0 Å². The van der Waals surface area contributed by atoms with E-state index in [1.165, 1.54) is 0 Å². The van der Waals surface area contributed by atoms with E-state index in [1.807, 2.05) is 0 Å². The van der Waals surface area contributed by atoms with Gasteiger partial charge in [0.2, 0.25) is 0 Å². The molecule has 15 heavy (non-hydrogen) atoms. The minimum atomic E-state index is -4.13. The van der Waals surface area contributed by atoms with Gasteiger partial charge in [-0.2, -0.15) is 0 Å². The van der Waals surface area contributed by atoms with Gasteiger partial charge in [0.25, 0.3) is 15.5 Å². The third kappa shape index (κ3) is 2.98. The van der Waals surface area contributed by atoms with Gasteiger partial charge in [0.15, 0.2) is 5.03 Å². The summed E-state index contributed by atoms with van der Waals surface area (Å²) in [4.78, 5) is 3.48. The molecule has 9 heteroatoms. The number of pyridine rings is 1. The Bertz CT molecular complexity index is 496. The maximum atomic E-state index is 12.6. The van der Waals surface area contributed by atoms with Gasteiger partial charge in [-0.3, -0.25) is 0 Å². The van der Waals surface area contributed by atoms with Crippen molar-refractivity contribution < 1.29 is 17.2 Å². The summed E-state index contributed by atoms with van der Waals surface area (Å²) in [6.45, 7) is 0. The van der Waals surface area contributed by atoms with E-state index in [2.05, 4.69) is 20.9 Å². The van der Waals surface area contributed by atoms with Crippen LogP contribution in [0.3, 0.4) is 0 Å². The van der Waals surface area contributed by atoms with Crippen molar-refractivity contribution in [2.24, 2.45) is 0 Å². The van der Waals surface area contributed by atoms with Crippen molar-refractivity contribution in [2.45, 2.75) is 11.5 Å². The molecule has 1 heterocycles. The van der Waals surface area contributed by atoms with Crippen LogP contribution in [-0.4, -0.2) is 13.4 Å². The molecule has 1 rings (SSSR count). The highest BCUT2D eigenvalue weighted by atomic mass is 127. The molecule has 0 unspecified atom stereocenters. The molecule has 1 aromatic rings. The summed E-state index contributed by atoms with van der Waals surface area (Å²) in [7, 11) is 0.897. The summed E-state index contributed by atoms with van der Waals surface area (Å²) in [5, 5.41) is -0.597. The Kier molecular flexibility index (Phi) is 4.29. The second-order valence-corrected chi connectivity index (χ2v) is 6.81. The molecule has 1 aromatic heterocycles. The van der Waals surface area contributed by atoms with Crippen LogP contribution in [0, 0.1) is 3.57 Å². The number of rotatable bonds is 2. The van der Waals surface area contributed by atoms with Crippen LogP contribution in [0.15, 0.2) is 15.7 Å². The Labute approximate surface area is 111 Å². The first-order valence-electron chi connectivity index (χ1n) is 3.32. The van der Waals surface area contributed by atoms with Gasteiger partial charge < -0.3 is 0 Å². The molecule has 0 radical (unpaired) electrons. The van der Waals surface area contributed by atoms with Gasteiger partial charge in [0, 0.05) is 26.0 Å². The summed E-state index contributed by atoms with van der Waals surface area (Å²) in [5.74, 6) is 0. The summed E-state index contributed by atoms with van der Waals surface area (Å²) < 4.78 is 46.9. The summed E-state index contributed by atoms with van der Waals surface area (Å²) in [5.41, 5.74) is -0.426. The monoisotopic (exact) mass is 431 g/mol. The average Bonchev–Trinajstić information content (AvgIpc) is 2.00. The van der Waals surface area contributed by atoms with Gasteiger partial charge in [-0.15, -0.1) is 0 Å². The minimum Gasteiger partial charge on any atom is -0.241 e. The quantitative estimate of drug-likeness (QED) is 0.532. The number of aromatic nitrogens is 1. The molecule has 0 N–H and O–H groups in total. The van der Waals surface area contributed by atoms with Crippen molar-refractivity contribution in [1.29, 1.82) is 0 Å². The number of hydrogen-bond acceptors (Lipinski definition) is 3. The van der Waals surface area contributed by atoms with Crippen LogP contribution in [0.5, 0.6) is 0 Å². The molecule has 0 bridgehead atoms. The van der Waals surface area contributed by atoms with Crippen LogP contribution in [0.4, 0.5) is 8.78 Å². The van der Waals surface area contributed by atoms with Crippen LogP contribution in [-0.2, 0) is 9.05 Å². The van der Waals surface area contributed by atoms with Gasteiger partial charge in [0.05, 0.1) is 4.47 Å². The molecule has 0 aromatic carbocycles. The molecular weight excluding hydrogens is 430 g/mol. The van der Waals surface area contributed by atoms with Crippen molar-refractivity contribution in [1.82, 2.24) is 4.98 Å². The summed E-state index contributed by atoms with van der Waals surface area (Å²) >= 11 is 4.39. The Morgan fingerprint density at radius 1 is 1.53 bits per heavy atom. The molecule has 0 fully saturated rings. The van der Waals surface area contributed by atoms with E-state index in [0.717, 1.165) is 6.20 Å². The Hall–Kier alpha value is 0.460. The lowest BCUT2D eigenvalue weighted by molar-refractivity contribution is 0.149. The highest BCUT2D eigenvalue weighted by Gasteiger charge is 2.25. The van der Waals surface area contributed by atoms with Crippen LogP contribution >= 0.6 is 49.2 Å². The topological polar surface area (TPSA) is 47.0 Å². The number of halogens is 5. The van der Waals surface area contributed by atoms with Crippen LogP contribution in [0.25, 0.3) is 0 Å². The lowest BCUT2D eigenvalue weighted by Gasteiger charge is -2.08. The third-order valence-corrected chi connectivity index (χ3v) is 4.56. The Morgan fingerprint density at radius 3 is 2.47 bits per heavy atom. The smallest absolute Gasteiger partial charge is 0.241 e. The molecular formula is C6H2BrClF2INO2S. The SMILES string of the molecule is O=S(=O)(Cl)c1ncc(I)c(C(F)F)c1Br. The van der Waals surface area contributed by atoms with Gasteiger partial charge in [-0.05, 0) is 38.5 Å². The van der Waals surface area contributed by atoms with E-state index in [0.29, 0.717) is 0 Å². The van der Waals surface area contributed by atoms with Gasteiger partial charge in [-0.25, -0.2) is 22.2 Å². The summed E-state index contributed by atoms with van der Waals surface area (Å²) in [6, 6.07) is 0. The molecule has 84 valence electrons. The van der Waals surface area contributed by atoms with E-state index < -0.39 is 26.1 Å². The second-order valence-electron chi connectivity index (χ2n) is 2.38. The standard InChI is InChI=1S/C6H2BrClF2INO2S/c7-4-3(5(9)10)2(11)1-12-6(4)15(8,13)14/h1,5H. The molecule has 0 aliphatic heterocycles. The van der Waals surface area contributed by atoms with Crippen LogP contribution < -0.4 is 0 Å². The molecule has 3 nitrogen and oxygen atoms in total.